The summed E-state index contributed by atoms with van der Waals surface area (Å²) >= 11 is 3.52. The molecule has 108 valence electrons. The first kappa shape index (κ1) is 15.1. The molecule has 0 radical (unpaired) electrons. The van der Waals surface area contributed by atoms with E-state index >= 15 is 0 Å². The maximum Gasteiger partial charge on any atom is 0.133 e. The molecule has 0 saturated carbocycles. The van der Waals surface area contributed by atoms with Gasteiger partial charge in [0.2, 0.25) is 0 Å². The summed E-state index contributed by atoms with van der Waals surface area (Å²) in [5, 5.41) is 3.54. The number of halogens is 1. The normalized spacial score (nSPS) is 14.1. The zero-order valence-corrected chi connectivity index (χ0v) is 13.8. The topological polar surface area (TPSA) is 34.4 Å². The second-order valence-electron chi connectivity index (χ2n) is 4.95. The van der Waals surface area contributed by atoms with E-state index < -0.39 is 0 Å². The minimum Gasteiger partial charge on any atom is -0.496 e. The number of ether oxygens (including phenoxy) is 1. The highest BCUT2D eigenvalue weighted by atomic mass is 79.9. The minimum absolute atomic E-state index is 0.166. The fourth-order valence-electron chi connectivity index (χ4n) is 2.19. The van der Waals surface area contributed by atoms with Crippen molar-refractivity contribution < 1.29 is 9.15 Å². The van der Waals surface area contributed by atoms with E-state index in [1.807, 2.05) is 25.1 Å². The molecular weight excluding hydrogens is 318 g/mol. The average molecular weight is 338 g/mol. The number of aryl methyl sites for hydroxylation is 1. The van der Waals surface area contributed by atoms with Crippen molar-refractivity contribution in [3.8, 4) is 5.75 Å². The number of benzene rings is 1. The van der Waals surface area contributed by atoms with Crippen LogP contribution in [0.1, 0.15) is 43.0 Å². The van der Waals surface area contributed by atoms with E-state index in [-0.39, 0.29) is 12.1 Å². The van der Waals surface area contributed by atoms with Crippen LogP contribution in [-0.4, -0.2) is 7.11 Å². The van der Waals surface area contributed by atoms with Crippen LogP contribution in [0, 0.1) is 6.92 Å². The summed E-state index contributed by atoms with van der Waals surface area (Å²) in [7, 11) is 1.67. The number of furan rings is 1. The Kier molecular flexibility index (Phi) is 4.89. The molecule has 1 N–H and O–H groups in total. The summed E-state index contributed by atoms with van der Waals surface area (Å²) in [5.74, 6) is 2.74. The van der Waals surface area contributed by atoms with Gasteiger partial charge in [-0.15, -0.1) is 0 Å². The standard InChI is InChI=1S/C16H20BrNO2/c1-10-5-7-15(20-10)12(3)18-11(2)13-6-8-16(19-4)14(17)9-13/h5-9,11-12,18H,1-4H3/t11-,12+/m0/s1. The molecule has 2 aromatic rings. The molecule has 1 aromatic heterocycles. The van der Waals surface area contributed by atoms with E-state index in [0.29, 0.717) is 0 Å². The Morgan fingerprint density at radius 1 is 1.15 bits per heavy atom. The summed E-state index contributed by atoms with van der Waals surface area (Å²) in [6.07, 6.45) is 0. The molecule has 0 bridgehead atoms. The molecule has 1 heterocycles. The maximum atomic E-state index is 5.65. The summed E-state index contributed by atoms with van der Waals surface area (Å²) in [4.78, 5) is 0. The van der Waals surface area contributed by atoms with Gasteiger partial charge in [0.1, 0.15) is 17.3 Å². The Morgan fingerprint density at radius 2 is 1.90 bits per heavy atom. The quantitative estimate of drug-likeness (QED) is 0.853. The number of hydrogen-bond donors (Lipinski definition) is 1. The Morgan fingerprint density at radius 3 is 2.45 bits per heavy atom. The third-order valence-electron chi connectivity index (χ3n) is 3.36. The Bertz CT molecular complexity index is 580. The van der Waals surface area contributed by atoms with Crippen molar-refractivity contribution in [2.75, 3.05) is 7.11 Å². The lowest BCUT2D eigenvalue weighted by molar-refractivity contribution is 0.391. The average Bonchev–Trinajstić information content (AvgIpc) is 2.85. The summed E-state index contributed by atoms with van der Waals surface area (Å²) < 4.78 is 11.9. The van der Waals surface area contributed by atoms with Gasteiger partial charge in [0.15, 0.2) is 0 Å². The molecule has 2 atom stereocenters. The van der Waals surface area contributed by atoms with Crippen LogP contribution in [-0.2, 0) is 0 Å². The Balaban J connectivity index is 2.07. The number of nitrogens with one attached hydrogen (secondary N) is 1. The third kappa shape index (κ3) is 3.44. The smallest absolute Gasteiger partial charge is 0.133 e. The van der Waals surface area contributed by atoms with Gasteiger partial charge in [0.05, 0.1) is 17.6 Å². The molecule has 0 aliphatic rings. The van der Waals surface area contributed by atoms with Crippen molar-refractivity contribution in [3.63, 3.8) is 0 Å². The van der Waals surface area contributed by atoms with Crippen LogP contribution in [0.5, 0.6) is 5.75 Å². The Hall–Kier alpha value is -1.26. The highest BCUT2D eigenvalue weighted by Crippen LogP contribution is 2.29. The van der Waals surface area contributed by atoms with Crippen molar-refractivity contribution in [1.29, 1.82) is 0 Å². The zero-order chi connectivity index (χ0) is 14.7. The third-order valence-corrected chi connectivity index (χ3v) is 3.98. The maximum absolute atomic E-state index is 5.65. The number of methoxy groups -OCH3 is 1. The lowest BCUT2D eigenvalue weighted by Crippen LogP contribution is -2.22. The number of rotatable bonds is 5. The van der Waals surface area contributed by atoms with Gasteiger partial charge in [0, 0.05) is 6.04 Å². The fourth-order valence-corrected chi connectivity index (χ4v) is 2.75. The van der Waals surface area contributed by atoms with Gasteiger partial charge in [-0.3, -0.25) is 0 Å². The lowest BCUT2D eigenvalue weighted by Gasteiger charge is -2.19. The van der Waals surface area contributed by atoms with Gasteiger partial charge < -0.3 is 14.5 Å². The molecule has 1 aromatic carbocycles. The van der Waals surface area contributed by atoms with E-state index in [4.69, 9.17) is 9.15 Å². The lowest BCUT2D eigenvalue weighted by atomic mass is 10.1. The summed E-state index contributed by atoms with van der Waals surface area (Å²) in [5.41, 5.74) is 1.20. The van der Waals surface area contributed by atoms with Crippen molar-refractivity contribution >= 4 is 15.9 Å². The van der Waals surface area contributed by atoms with E-state index in [9.17, 15) is 0 Å². The molecule has 0 saturated heterocycles. The predicted octanol–water partition coefficient (Wildman–Crippen LogP) is 4.77. The van der Waals surface area contributed by atoms with E-state index in [2.05, 4.69) is 47.2 Å². The molecule has 0 amide bonds. The van der Waals surface area contributed by atoms with E-state index in [1.54, 1.807) is 7.11 Å². The largest absolute Gasteiger partial charge is 0.496 e. The van der Waals surface area contributed by atoms with Gasteiger partial charge in [-0.2, -0.15) is 0 Å². The zero-order valence-electron chi connectivity index (χ0n) is 12.2. The first-order valence-electron chi connectivity index (χ1n) is 6.67. The van der Waals surface area contributed by atoms with Crippen molar-refractivity contribution in [2.45, 2.75) is 32.9 Å². The Labute approximate surface area is 128 Å². The van der Waals surface area contributed by atoms with Crippen LogP contribution in [0.25, 0.3) is 0 Å². The first-order chi connectivity index (χ1) is 9.51. The van der Waals surface area contributed by atoms with Crippen molar-refractivity contribution in [2.24, 2.45) is 0 Å². The van der Waals surface area contributed by atoms with Crippen LogP contribution >= 0.6 is 15.9 Å². The van der Waals surface area contributed by atoms with E-state index in [1.165, 1.54) is 5.56 Å². The summed E-state index contributed by atoms with van der Waals surface area (Å²) in [6, 6.07) is 10.5. The SMILES string of the molecule is COc1ccc([C@H](C)N[C@H](C)c2ccc(C)o2)cc1Br. The molecule has 0 unspecified atom stereocenters. The second-order valence-corrected chi connectivity index (χ2v) is 5.81. The van der Waals surface area contributed by atoms with Crippen LogP contribution in [0.4, 0.5) is 0 Å². The molecule has 0 aliphatic carbocycles. The van der Waals surface area contributed by atoms with Crippen LogP contribution in [0.3, 0.4) is 0 Å². The highest BCUT2D eigenvalue weighted by molar-refractivity contribution is 9.10. The first-order valence-corrected chi connectivity index (χ1v) is 7.46. The van der Waals surface area contributed by atoms with Crippen LogP contribution in [0.2, 0.25) is 0 Å². The molecule has 0 spiro atoms. The van der Waals surface area contributed by atoms with Gasteiger partial charge in [-0.25, -0.2) is 0 Å². The minimum atomic E-state index is 0.166. The van der Waals surface area contributed by atoms with Crippen LogP contribution in [0.15, 0.2) is 39.2 Å². The molecule has 20 heavy (non-hydrogen) atoms. The van der Waals surface area contributed by atoms with Crippen molar-refractivity contribution in [3.05, 3.63) is 51.9 Å². The molecule has 2 rings (SSSR count). The summed E-state index contributed by atoms with van der Waals surface area (Å²) in [6.45, 7) is 6.20. The van der Waals surface area contributed by atoms with Gasteiger partial charge in [0.25, 0.3) is 0 Å². The number of hydrogen-bond acceptors (Lipinski definition) is 3. The van der Waals surface area contributed by atoms with Gasteiger partial charge >= 0.3 is 0 Å². The molecule has 4 heteroatoms. The van der Waals surface area contributed by atoms with Crippen molar-refractivity contribution in [1.82, 2.24) is 5.32 Å². The van der Waals surface area contributed by atoms with Gasteiger partial charge in [-0.05, 0) is 66.5 Å². The second kappa shape index (κ2) is 6.46. The molecular formula is C16H20BrNO2. The van der Waals surface area contributed by atoms with Crippen LogP contribution < -0.4 is 10.1 Å². The molecule has 0 aliphatic heterocycles. The monoisotopic (exact) mass is 337 g/mol. The molecule has 3 nitrogen and oxygen atoms in total. The highest BCUT2D eigenvalue weighted by Gasteiger charge is 2.14. The fraction of sp³-hybridized carbons (Fsp3) is 0.375. The van der Waals surface area contributed by atoms with Gasteiger partial charge in [-0.1, -0.05) is 6.07 Å². The van der Waals surface area contributed by atoms with E-state index in [0.717, 1.165) is 21.7 Å². The predicted molar refractivity (Wildman–Crippen MR) is 84.1 cm³/mol. The molecule has 0 fully saturated rings.